The summed E-state index contributed by atoms with van der Waals surface area (Å²) in [5.74, 6) is 2.50. The first kappa shape index (κ1) is 74.1. The molecule has 0 N–H and O–H groups in total. The molecule has 10 heteroatoms. The van der Waals surface area contributed by atoms with Crippen LogP contribution < -0.4 is 0 Å². The van der Waals surface area contributed by atoms with Crippen LogP contribution in [0.25, 0.3) is 271 Å². The highest BCUT2D eigenvalue weighted by molar-refractivity contribution is 6.32. The summed E-state index contributed by atoms with van der Waals surface area (Å²) in [7, 11) is 0. The lowest BCUT2D eigenvalue weighted by Crippen LogP contribution is -2.06. The van der Waals surface area contributed by atoms with Crippen molar-refractivity contribution in [2.24, 2.45) is 0 Å². The van der Waals surface area contributed by atoms with E-state index in [9.17, 15) is 0 Å². The Labute approximate surface area is 762 Å². The molecule has 0 atom stereocenters. The minimum absolute atomic E-state index is 0.591. The van der Waals surface area contributed by atoms with Gasteiger partial charge >= 0.3 is 0 Å². The Kier molecular flexibility index (Phi) is 16.3. The van der Waals surface area contributed by atoms with Crippen molar-refractivity contribution in [3.8, 4) is 119 Å². The Bertz CT molecular complexity index is 9500. The van der Waals surface area contributed by atoms with Crippen LogP contribution in [0.4, 0.5) is 0 Å². The van der Waals surface area contributed by atoms with Gasteiger partial charge in [-0.15, -0.1) is 0 Å². The molecular formula is C123H74N10. The molecule has 0 saturated carbocycles. The molecule has 7 aromatic heterocycles. The van der Waals surface area contributed by atoms with Gasteiger partial charge < -0.3 is 13.7 Å². The minimum atomic E-state index is 0.591. The summed E-state index contributed by atoms with van der Waals surface area (Å²) in [6, 6.07) is 162. The number of fused-ring (bicyclic) bond motifs is 3. The zero-order valence-electron chi connectivity index (χ0n) is 71.7. The van der Waals surface area contributed by atoms with Gasteiger partial charge in [0.15, 0.2) is 11.6 Å². The first-order valence-electron chi connectivity index (χ1n) is 45.3. The molecule has 0 aliphatic carbocycles. The van der Waals surface area contributed by atoms with Crippen molar-refractivity contribution in [3.63, 3.8) is 0 Å². The Morgan fingerprint density at radius 2 is 0.466 bits per heavy atom. The van der Waals surface area contributed by atoms with Crippen molar-refractivity contribution in [1.82, 2.24) is 47.8 Å². The number of hydrogen-bond acceptors (Lipinski definition) is 5. The van der Waals surface area contributed by atoms with Crippen molar-refractivity contribution in [1.29, 1.82) is 0 Å². The van der Waals surface area contributed by atoms with Crippen molar-refractivity contribution in [2.75, 3.05) is 0 Å². The monoisotopic (exact) mass is 1690 g/mol. The molecule has 0 aliphatic heterocycles. The van der Waals surface area contributed by atoms with Crippen LogP contribution in [0.15, 0.2) is 449 Å². The number of para-hydroxylation sites is 3. The van der Waals surface area contributed by atoms with Gasteiger partial charge in [0.25, 0.3) is 0 Å². The number of aromatic nitrogens is 10. The first-order chi connectivity index (χ1) is 65.9. The molecule has 0 amide bonds. The molecule has 0 aliphatic rings. The summed E-state index contributed by atoms with van der Waals surface area (Å²) in [5, 5.41) is 22.2. The van der Waals surface area contributed by atoms with E-state index in [1.807, 2.05) is 36.4 Å². The lowest BCUT2D eigenvalue weighted by molar-refractivity contribution is 0.954. The Morgan fingerprint density at radius 1 is 0.143 bits per heavy atom. The summed E-state index contributed by atoms with van der Waals surface area (Å²) in [5.41, 5.74) is 30.0. The molecule has 7 heterocycles. The highest BCUT2D eigenvalue weighted by Gasteiger charge is 2.29. The average Bonchev–Trinajstić information content (AvgIpc) is 1.68. The van der Waals surface area contributed by atoms with Crippen molar-refractivity contribution >= 4 is 152 Å². The molecule has 10 nitrogen and oxygen atoms in total. The first-order valence-corrected chi connectivity index (χ1v) is 45.3. The third-order valence-corrected chi connectivity index (χ3v) is 27.7. The normalized spacial score (nSPS) is 12.1. The van der Waals surface area contributed by atoms with E-state index in [0.717, 1.165) is 83.9 Å². The lowest BCUT2D eigenvalue weighted by Gasteiger charge is -2.14. The van der Waals surface area contributed by atoms with E-state index in [-0.39, 0.29) is 0 Å². The Balaban J connectivity index is 0.000000133. The summed E-state index contributed by atoms with van der Waals surface area (Å²) < 4.78 is 11.8. The van der Waals surface area contributed by atoms with Crippen molar-refractivity contribution in [3.05, 3.63) is 449 Å². The fourth-order valence-electron chi connectivity index (χ4n) is 21.7. The van der Waals surface area contributed by atoms with E-state index >= 15 is 0 Å². The molecular weight excluding hydrogens is 1620 g/mol. The molecule has 616 valence electrons. The van der Waals surface area contributed by atoms with Gasteiger partial charge in [-0.25, -0.2) is 15.0 Å². The van der Waals surface area contributed by atoms with Gasteiger partial charge in [-0.05, 0) is 203 Å². The van der Waals surface area contributed by atoms with Crippen LogP contribution in [0.1, 0.15) is 0 Å². The van der Waals surface area contributed by atoms with E-state index in [1.165, 1.54) is 163 Å². The number of nitrogens with zero attached hydrogens (tertiary/aromatic N) is 10. The molecule has 0 fully saturated rings. The van der Waals surface area contributed by atoms with Gasteiger partial charge in [0, 0.05) is 93.2 Å². The standard InChI is InChI=1S/C62H38N4.C61H36N6/c1-4-12-39(13-5-1)41-22-26-43(27-23-41)52-38-53(44-28-24-42(25-29-44)40-14-6-2-7-15-40)64-62(63-52)66-55-21-11-17-46-31-33-48-35-50(37-57(66)61(48)59(46)55)49-34-47-32-30-45-16-10-20-54-58(45)60(47)56(36-49)65(54)51-18-8-3-9-19-51;1-4-14-39(15-5-1)59-62-60(40-16-6-2-7-17-40)64-61(63-59)67-52-25-13-19-38-27-30-47-44(32-35-54(67)58(47)56(38)52)43-31-34-53-57-46(43)29-26-37-18-12-24-51(55(37)57)66(53)42-28-33-50-48(36-42)45-22-10-11-23-49(45)65(50)41-20-8-3-9-21-41/h1-38H;1-36H. The van der Waals surface area contributed by atoms with Gasteiger partial charge in [0.05, 0.1) is 66.6 Å². The zero-order valence-corrected chi connectivity index (χ0v) is 71.7. The van der Waals surface area contributed by atoms with Gasteiger partial charge in [-0.3, -0.25) is 9.13 Å². The van der Waals surface area contributed by atoms with Crippen LogP contribution in [0.3, 0.4) is 0 Å². The predicted molar refractivity (Wildman–Crippen MR) is 552 cm³/mol. The fourth-order valence-corrected chi connectivity index (χ4v) is 21.7. The van der Waals surface area contributed by atoms with E-state index in [0.29, 0.717) is 23.5 Å². The molecule has 0 radical (unpaired) electrons. The third-order valence-electron chi connectivity index (χ3n) is 27.7. The van der Waals surface area contributed by atoms with E-state index in [1.54, 1.807) is 0 Å². The van der Waals surface area contributed by atoms with Gasteiger partial charge in [-0.1, -0.05) is 334 Å². The molecule has 0 bridgehead atoms. The Morgan fingerprint density at radius 3 is 0.947 bits per heavy atom. The number of benzene rings is 22. The second-order valence-electron chi connectivity index (χ2n) is 35.0. The molecule has 22 aromatic carbocycles. The van der Waals surface area contributed by atoms with Crippen molar-refractivity contribution < 1.29 is 0 Å². The highest BCUT2D eigenvalue weighted by atomic mass is 15.2. The number of hydrogen-bond donors (Lipinski definition) is 0. The summed E-state index contributed by atoms with van der Waals surface area (Å²) in [6.07, 6.45) is 0. The maximum absolute atomic E-state index is 5.48. The van der Waals surface area contributed by atoms with Crippen LogP contribution >= 0.6 is 0 Å². The van der Waals surface area contributed by atoms with Crippen molar-refractivity contribution in [2.45, 2.75) is 0 Å². The van der Waals surface area contributed by atoms with Crippen LogP contribution in [-0.2, 0) is 0 Å². The molecule has 133 heavy (non-hydrogen) atoms. The average molecular weight is 1690 g/mol. The fraction of sp³-hybridized carbons (Fsp3) is 0. The van der Waals surface area contributed by atoms with Gasteiger partial charge in [0.1, 0.15) is 0 Å². The molecule has 0 unspecified atom stereocenters. The minimum Gasteiger partial charge on any atom is -0.309 e. The molecule has 0 saturated heterocycles. The quantitative estimate of drug-likeness (QED) is 0.107. The van der Waals surface area contributed by atoms with E-state index < -0.39 is 0 Å². The van der Waals surface area contributed by atoms with Crippen LogP contribution in [-0.4, -0.2) is 47.8 Å². The zero-order chi connectivity index (χ0) is 87.0. The van der Waals surface area contributed by atoms with E-state index in [4.69, 9.17) is 24.9 Å². The molecule has 0 spiro atoms. The number of rotatable bonds is 13. The maximum Gasteiger partial charge on any atom is 0.238 e. The Hall–Kier alpha value is -18.0. The third kappa shape index (κ3) is 11.5. The topological polar surface area (TPSA) is 89.1 Å². The van der Waals surface area contributed by atoms with Crippen LogP contribution in [0.2, 0.25) is 0 Å². The summed E-state index contributed by atoms with van der Waals surface area (Å²) in [4.78, 5) is 26.4. The molecule has 29 rings (SSSR count). The lowest BCUT2D eigenvalue weighted by atomic mass is 9.90. The second kappa shape index (κ2) is 29.3. The summed E-state index contributed by atoms with van der Waals surface area (Å²) >= 11 is 0. The smallest absolute Gasteiger partial charge is 0.238 e. The molecule has 29 aromatic rings. The largest absolute Gasteiger partial charge is 0.309 e. The maximum atomic E-state index is 5.48. The SMILES string of the molecule is c1ccc(-c2ccc(-c3cc(-c4ccc(-c5ccccc5)cc4)nc(-n4c5cccc6ccc7cc(-c8cc9ccc%10cccc%11c%10c9c(c8)n%11-c8ccccc8)cc4c7c65)n3)cc2)cc1.c1ccc(-c2nc(-c3ccccc3)nc(-n3c4cccc5ccc6c(-c7ccc8c9c7ccc7cccc(c79)n8-c7ccc8c(c7)c7ccccc7n8-c7ccccc7)ccc3c6c54)n2)cc1. The van der Waals surface area contributed by atoms with E-state index in [2.05, 4.69) is 435 Å². The summed E-state index contributed by atoms with van der Waals surface area (Å²) in [6.45, 7) is 0. The predicted octanol–water partition coefficient (Wildman–Crippen LogP) is 31.5. The second-order valence-corrected chi connectivity index (χ2v) is 35.0. The highest BCUT2D eigenvalue weighted by Crippen LogP contribution is 2.51. The van der Waals surface area contributed by atoms with Crippen LogP contribution in [0.5, 0.6) is 0 Å². The van der Waals surface area contributed by atoms with Gasteiger partial charge in [0.2, 0.25) is 11.9 Å². The van der Waals surface area contributed by atoms with Gasteiger partial charge in [-0.2, -0.15) is 9.97 Å². The van der Waals surface area contributed by atoms with Crippen LogP contribution in [0, 0.1) is 0 Å².